The highest BCUT2D eigenvalue weighted by Crippen LogP contribution is 2.24. The summed E-state index contributed by atoms with van der Waals surface area (Å²) in [6.45, 7) is 1.85. The largest absolute Gasteiger partial charge is 0.339 e. The minimum absolute atomic E-state index is 0.255. The fourth-order valence-electron chi connectivity index (χ4n) is 2.25. The Bertz CT molecular complexity index is 841. The lowest BCUT2D eigenvalue weighted by Gasteiger charge is -2.08. The molecule has 1 N–H and O–H groups in total. The van der Waals surface area contributed by atoms with Gasteiger partial charge in [-0.05, 0) is 42.3 Å². The van der Waals surface area contributed by atoms with Gasteiger partial charge in [-0.3, -0.25) is 0 Å². The van der Waals surface area contributed by atoms with E-state index in [0.29, 0.717) is 10.5 Å². The number of benzene rings is 2. The fourth-order valence-corrected chi connectivity index (χ4v) is 2.46. The number of hydrogen-bond acceptors (Lipinski definition) is 2. The van der Waals surface area contributed by atoms with E-state index in [0.717, 1.165) is 22.4 Å². The predicted molar refractivity (Wildman–Crippen MR) is 85.0 cm³/mol. The summed E-state index contributed by atoms with van der Waals surface area (Å²) in [5.74, 6) is 0.396. The highest BCUT2D eigenvalue weighted by molar-refractivity contribution is 7.71. The van der Waals surface area contributed by atoms with Gasteiger partial charge in [-0.25, -0.2) is 9.37 Å². The van der Waals surface area contributed by atoms with Crippen molar-refractivity contribution < 1.29 is 4.39 Å². The minimum atomic E-state index is -0.255. The summed E-state index contributed by atoms with van der Waals surface area (Å²) in [5, 5.41) is 0. The molecule has 3 aromatic rings. The normalized spacial score (nSPS) is 10.6. The third-order valence-electron chi connectivity index (χ3n) is 3.27. The predicted octanol–water partition coefficient (Wildman–Crippen LogP) is 4.92. The molecule has 0 aliphatic rings. The average Bonchev–Trinajstić information content (AvgIpc) is 2.47. The van der Waals surface area contributed by atoms with Gasteiger partial charge in [-0.2, -0.15) is 0 Å². The van der Waals surface area contributed by atoms with E-state index in [1.165, 1.54) is 12.1 Å². The Morgan fingerprint density at radius 1 is 1.05 bits per heavy atom. The number of hydrogen-bond donors (Lipinski definition) is 1. The monoisotopic (exact) mass is 296 g/mol. The van der Waals surface area contributed by atoms with Gasteiger partial charge in [0.25, 0.3) is 0 Å². The van der Waals surface area contributed by atoms with Crippen LogP contribution in [0.25, 0.3) is 22.6 Å². The second kappa shape index (κ2) is 5.58. The average molecular weight is 296 g/mol. The van der Waals surface area contributed by atoms with E-state index in [2.05, 4.69) is 9.97 Å². The molecule has 21 heavy (non-hydrogen) atoms. The van der Waals surface area contributed by atoms with Crippen LogP contribution >= 0.6 is 12.2 Å². The molecule has 2 nitrogen and oxygen atoms in total. The van der Waals surface area contributed by atoms with Crippen molar-refractivity contribution in [3.63, 3.8) is 0 Å². The van der Waals surface area contributed by atoms with Crippen LogP contribution in [0.3, 0.4) is 0 Å². The van der Waals surface area contributed by atoms with Crippen molar-refractivity contribution in [1.82, 2.24) is 9.97 Å². The van der Waals surface area contributed by atoms with Crippen LogP contribution < -0.4 is 0 Å². The van der Waals surface area contributed by atoms with Crippen LogP contribution in [0.1, 0.15) is 5.56 Å². The Kier molecular flexibility index (Phi) is 3.62. The topological polar surface area (TPSA) is 28.7 Å². The number of nitrogens with one attached hydrogen (secondary N) is 1. The second-order valence-corrected chi connectivity index (χ2v) is 5.23. The van der Waals surface area contributed by atoms with Crippen molar-refractivity contribution in [3.8, 4) is 22.6 Å². The van der Waals surface area contributed by atoms with Gasteiger partial charge >= 0.3 is 0 Å². The lowest BCUT2D eigenvalue weighted by atomic mass is 10.1. The van der Waals surface area contributed by atoms with E-state index in [1.807, 2.05) is 43.3 Å². The first kappa shape index (κ1) is 13.6. The minimum Gasteiger partial charge on any atom is -0.339 e. The van der Waals surface area contributed by atoms with Crippen LogP contribution in [0.15, 0.2) is 54.6 Å². The summed E-state index contributed by atoms with van der Waals surface area (Å²) in [7, 11) is 0. The molecule has 2 aromatic carbocycles. The zero-order valence-corrected chi connectivity index (χ0v) is 12.2. The lowest BCUT2D eigenvalue weighted by Crippen LogP contribution is -1.95. The molecule has 0 fully saturated rings. The second-order valence-electron chi connectivity index (χ2n) is 4.81. The molecule has 0 aliphatic carbocycles. The van der Waals surface area contributed by atoms with Crippen molar-refractivity contribution in [2.75, 3.05) is 0 Å². The van der Waals surface area contributed by atoms with Gasteiger partial charge in [0.05, 0.1) is 0 Å². The highest BCUT2D eigenvalue weighted by atomic mass is 32.1. The first-order valence-corrected chi connectivity index (χ1v) is 6.97. The number of rotatable bonds is 2. The number of nitrogens with zero attached hydrogens (tertiary/aromatic N) is 1. The first-order valence-electron chi connectivity index (χ1n) is 6.57. The number of halogens is 1. The molecule has 4 heteroatoms. The molecular formula is C17H13FN2S. The van der Waals surface area contributed by atoms with Crippen LogP contribution in [0, 0.1) is 17.4 Å². The Morgan fingerprint density at radius 2 is 1.81 bits per heavy atom. The van der Waals surface area contributed by atoms with E-state index in [1.54, 1.807) is 6.07 Å². The van der Waals surface area contributed by atoms with E-state index >= 15 is 0 Å². The van der Waals surface area contributed by atoms with Crippen molar-refractivity contribution >= 4 is 12.2 Å². The Morgan fingerprint density at radius 3 is 2.52 bits per heavy atom. The SMILES string of the molecule is Cc1cc(F)ccc1-c1nc(=S)cc(-c2ccccc2)[nH]1. The molecule has 0 atom stereocenters. The number of aromatic amines is 1. The van der Waals surface area contributed by atoms with Gasteiger partial charge < -0.3 is 4.98 Å². The molecule has 104 valence electrons. The summed E-state index contributed by atoms with van der Waals surface area (Å²) in [4.78, 5) is 7.63. The number of aryl methyl sites for hydroxylation is 1. The summed E-state index contributed by atoms with van der Waals surface area (Å²) in [6, 6.07) is 16.4. The first-order chi connectivity index (χ1) is 10.1. The molecule has 0 radical (unpaired) electrons. The molecule has 0 aliphatic heterocycles. The van der Waals surface area contributed by atoms with Crippen LogP contribution in [0.4, 0.5) is 4.39 Å². The zero-order chi connectivity index (χ0) is 14.8. The van der Waals surface area contributed by atoms with Crippen LogP contribution in [0.5, 0.6) is 0 Å². The standard InChI is InChI=1S/C17H13FN2S/c1-11-9-13(18)7-8-14(11)17-19-15(10-16(21)20-17)12-5-3-2-4-6-12/h2-10H,1H3,(H,19,20,21). The maximum Gasteiger partial charge on any atom is 0.139 e. The highest BCUT2D eigenvalue weighted by Gasteiger charge is 2.07. The van der Waals surface area contributed by atoms with Crippen molar-refractivity contribution in [1.29, 1.82) is 0 Å². The lowest BCUT2D eigenvalue weighted by molar-refractivity contribution is 0.627. The van der Waals surface area contributed by atoms with Gasteiger partial charge in [0, 0.05) is 11.3 Å². The van der Waals surface area contributed by atoms with Gasteiger partial charge in [0.2, 0.25) is 0 Å². The summed E-state index contributed by atoms with van der Waals surface area (Å²) >= 11 is 5.25. The quantitative estimate of drug-likeness (QED) is 0.680. The molecule has 3 rings (SSSR count). The summed E-state index contributed by atoms with van der Waals surface area (Å²) in [5.41, 5.74) is 3.60. The molecule has 0 amide bonds. The smallest absolute Gasteiger partial charge is 0.139 e. The van der Waals surface area contributed by atoms with Crippen LogP contribution in [-0.2, 0) is 0 Å². The molecule has 0 unspecified atom stereocenters. The summed E-state index contributed by atoms with van der Waals surface area (Å²) < 4.78 is 13.7. The third kappa shape index (κ3) is 2.90. The van der Waals surface area contributed by atoms with Gasteiger partial charge in [0.15, 0.2) is 0 Å². The van der Waals surface area contributed by atoms with E-state index < -0.39 is 0 Å². The van der Waals surface area contributed by atoms with Gasteiger partial charge in [0.1, 0.15) is 16.3 Å². The maximum absolute atomic E-state index is 13.2. The number of aromatic nitrogens is 2. The molecule has 1 heterocycles. The van der Waals surface area contributed by atoms with Crippen molar-refractivity contribution in [2.45, 2.75) is 6.92 Å². The molecule has 0 spiro atoms. The van der Waals surface area contributed by atoms with Crippen molar-refractivity contribution in [2.24, 2.45) is 0 Å². The molecule has 0 saturated carbocycles. The van der Waals surface area contributed by atoms with Gasteiger partial charge in [-0.1, -0.05) is 42.5 Å². The van der Waals surface area contributed by atoms with Crippen molar-refractivity contribution in [3.05, 3.63) is 70.6 Å². The fraction of sp³-hybridized carbons (Fsp3) is 0.0588. The van der Waals surface area contributed by atoms with Crippen LogP contribution in [0.2, 0.25) is 0 Å². The van der Waals surface area contributed by atoms with Crippen LogP contribution in [-0.4, -0.2) is 9.97 Å². The van der Waals surface area contributed by atoms with E-state index in [-0.39, 0.29) is 5.82 Å². The molecule has 0 bridgehead atoms. The third-order valence-corrected chi connectivity index (χ3v) is 3.48. The Labute approximate surface area is 127 Å². The molecule has 1 aromatic heterocycles. The number of H-pyrrole nitrogens is 1. The van der Waals surface area contributed by atoms with E-state index in [9.17, 15) is 4.39 Å². The zero-order valence-electron chi connectivity index (χ0n) is 11.4. The summed E-state index contributed by atoms with van der Waals surface area (Å²) in [6.07, 6.45) is 0. The van der Waals surface area contributed by atoms with Gasteiger partial charge in [-0.15, -0.1) is 0 Å². The Hall–Kier alpha value is -2.33. The maximum atomic E-state index is 13.2. The molecular weight excluding hydrogens is 283 g/mol. The molecule has 0 saturated heterocycles. The Balaban J connectivity index is 2.16. The van der Waals surface area contributed by atoms with E-state index in [4.69, 9.17) is 12.2 Å².